The Kier molecular flexibility index (Phi) is 12.4. The summed E-state index contributed by atoms with van der Waals surface area (Å²) < 4.78 is 121. The SMILES string of the molecule is CCOC(=O)C[C@H](NC(=O)C(c1cccc(Br)c1)n1cc(CCN2CC(F)C2)c(C(F)(F)F)cc1=O)c1cc(-c2c(C)cccc2O)cc(C(F)(F)F)c1F. The van der Waals surface area contributed by atoms with Gasteiger partial charge in [0.15, 0.2) is 0 Å². The minimum atomic E-state index is -5.30. The molecule has 2 N–H and O–H groups in total. The van der Waals surface area contributed by atoms with Gasteiger partial charge >= 0.3 is 18.3 Å². The molecule has 1 aliphatic rings. The molecule has 0 bridgehead atoms. The Labute approximate surface area is 317 Å². The summed E-state index contributed by atoms with van der Waals surface area (Å²) in [5, 5.41) is 13.0. The molecule has 0 aliphatic carbocycles. The number of hydrogen-bond donors (Lipinski definition) is 2. The van der Waals surface area contributed by atoms with E-state index in [1.54, 1.807) is 11.0 Å². The first-order valence-electron chi connectivity index (χ1n) is 16.9. The van der Waals surface area contributed by atoms with E-state index in [4.69, 9.17) is 4.74 Å². The number of likely N-dealkylation sites (tertiary alicyclic amines) is 1. The number of benzene rings is 3. The van der Waals surface area contributed by atoms with Crippen LogP contribution in [0.5, 0.6) is 5.75 Å². The zero-order chi connectivity index (χ0) is 40.4. The monoisotopic (exact) mass is 843 g/mol. The Morgan fingerprint density at radius 3 is 2.27 bits per heavy atom. The van der Waals surface area contributed by atoms with Crippen LogP contribution in [-0.4, -0.2) is 58.9 Å². The van der Waals surface area contributed by atoms with E-state index in [-0.39, 0.29) is 49.4 Å². The van der Waals surface area contributed by atoms with Gasteiger partial charge in [0.1, 0.15) is 23.8 Å². The number of aromatic nitrogens is 1. The number of rotatable bonds is 12. The highest BCUT2D eigenvalue weighted by molar-refractivity contribution is 9.10. The van der Waals surface area contributed by atoms with E-state index >= 15 is 4.39 Å². The number of halogens is 9. The van der Waals surface area contributed by atoms with Crippen LogP contribution in [0.1, 0.15) is 58.8 Å². The van der Waals surface area contributed by atoms with Crippen LogP contribution in [0, 0.1) is 12.7 Å². The molecular weight excluding hydrogens is 810 g/mol. The number of nitrogens with zero attached hydrogens (tertiary/aromatic N) is 2. The number of esters is 1. The van der Waals surface area contributed by atoms with Crippen molar-refractivity contribution in [1.29, 1.82) is 0 Å². The van der Waals surface area contributed by atoms with Crippen molar-refractivity contribution in [2.45, 2.75) is 57.3 Å². The van der Waals surface area contributed by atoms with Crippen molar-refractivity contribution in [1.82, 2.24) is 14.8 Å². The number of amides is 1. The number of aryl methyl sites for hydroxylation is 1. The summed E-state index contributed by atoms with van der Waals surface area (Å²) in [6.45, 7) is 2.73. The minimum Gasteiger partial charge on any atom is -0.507 e. The van der Waals surface area contributed by atoms with E-state index in [0.29, 0.717) is 26.7 Å². The van der Waals surface area contributed by atoms with Gasteiger partial charge in [0.25, 0.3) is 5.56 Å². The first-order chi connectivity index (χ1) is 25.8. The molecule has 1 aromatic heterocycles. The normalized spacial score (nSPS) is 15.0. The standard InChI is InChI=1S/C38H34BrF8N3O5/c1-3-55-32(53)16-29(26-13-23(14-28(34(26)41)38(45,46)47)33-20(2)6-4-9-30(33)51)48-36(54)35(21-7-5-8-24(39)12-21)50-17-22(10-11-49-18-25(40)19-49)27(15-31(50)52)37(42,43)44/h4-9,12-15,17,25,29,35,51H,3,10-11,16,18-19H2,1-2H3,(H,48,54)/t29-,35?/m0/s1. The van der Waals surface area contributed by atoms with Crippen molar-refractivity contribution in [2.24, 2.45) is 0 Å². The molecule has 1 fully saturated rings. The van der Waals surface area contributed by atoms with Crippen molar-refractivity contribution in [2.75, 3.05) is 26.2 Å². The summed E-state index contributed by atoms with van der Waals surface area (Å²) in [6.07, 6.45) is -11.8. The Morgan fingerprint density at radius 1 is 1.00 bits per heavy atom. The minimum absolute atomic E-state index is 0.00316. The van der Waals surface area contributed by atoms with Crippen LogP contribution < -0.4 is 10.9 Å². The summed E-state index contributed by atoms with van der Waals surface area (Å²) in [5.41, 5.74) is -5.65. The van der Waals surface area contributed by atoms with E-state index in [1.165, 1.54) is 50.2 Å². The fourth-order valence-corrected chi connectivity index (χ4v) is 6.91. The summed E-state index contributed by atoms with van der Waals surface area (Å²) in [4.78, 5) is 42.4. The van der Waals surface area contributed by atoms with E-state index in [1.807, 2.05) is 0 Å². The molecule has 294 valence electrons. The van der Waals surface area contributed by atoms with Gasteiger partial charge in [-0.1, -0.05) is 40.2 Å². The van der Waals surface area contributed by atoms with Crippen molar-refractivity contribution in [3.63, 3.8) is 0 Å². The number of aromatic hydroxyl groups is 1. The van der Waals surface area contributed by atoms with E-state index in [2.05, 4.69) is 21.2 Å². The lowest BCUT2D eigenvalue weighted by atomic mass is 9.91. The highest BCUT2D eigenvalue weighted by Crippen LogP contribution is 2.41. The third kappa shape index (κ3) is 9.55. The van der Waals surface area contributed by atoms with Crippen molar-refractivity contribution in [3.8, 4) is 16.9 Å². The van der Waals surface area contributed by atoms with Crippen molar-refractivity contribution < 1.29 is 54.6 Å². The second kappa shape index (κ2) is 16.5. The molecule has 1 saturated heterocycles. The van der Waals surface area contributed by atoms with Gasteiger partial charge < -0.3 is 15.2 Å². The lowest BCUT2D eigenvalue weighted by Gasteiger charge is -2.34. The quantitative estimate of drug-likeness (QED) is 0.111. The highest BCUT2D eigenvalue weighted by Gasteiger charge is 2.40. The molecule has 3 aromatic carbocycles. The number of phenolic OH excluding ortho intramolecular Hbond substituents is 1. The molecule has 8 nitrogen and oxygen atoms in total. The molecule has 0 saturated carbocycles. The van der Waals surface area contributed by atoms with Crippen LogP contribution in [-0.2, 0) is 33.1 Å². The van der Waals surface area contributed by atoms with Crippen LogP contribution in [0.15, 0.2) is 76.1 Å². The second-order valence-corrected chi connectivity index (χ2v) is 13.9. The van der Waals surface area contributed by atoms with E-state index < -0.39 is 88.3 Å². The van der Waals surface area contributed by atoms with Crippen LogP contribution >= 0.6 is 15.9 Å². The Hall–Kier alpha value is -4.77. The third-order valence-electron chi connectivity index (χ3n) is 9.08. The zero-order valence-corrected chi connectivity index (χ0v) is 30.8. The van der Waals surface area contributed by atoms with Gasteiger partial charge in [0, 0.05) is 47.5 Å². The Balaban J connectivity index is 1.68. The number of pyridine rings is 1. The topological polar surface area (TPSA) is 101 Å². The predicted molar refractivity (Wildman–Crippen MR) is 188 cm³/mol. The van der Waals surface area contributed by atoms with Gasteiger partial charge in [-0.2, -0.15) is 26.3 Å². The molecule has 1 amide bonds. The van der Waals surface area contributed by atoms with Crippen molar-refractivity contribution >= 4 is 27.8 Å². The molecule has 4 aromatic rings. The first-order valence-corrected chi connectivity index (χ1v) is 17.7. The summed E-state index contributed by atoms with van der Waals surface area (Å²) in [7, 11) is 0. The maximum atomic E-state index is 16.1. The van der Waals surface area contributed by atoms with Gasteiger partial charge in [0.2, 0.25) is 5.91 Å². The van der Waals surface area contributed by atoms with Gasteiger partial charge in [-0.05, 0) is 72.9 Å². The predicted octanol–water partition coefficient (Wildman–Crippen LogP) is 8.06. The maximum absolute atomic E-state index is 16.1. The third-order valence-corrected chi connectivity index (χ3v) is 9.58. The number of nitrogens with one attached hydrogen (secondary N) is 1. The molecule has 0 spiro atoms. The van der Waals surface area contributed by atoms with Gasteiger partial charge in [-0.3, -0.25) is 23.9 Å². The maximum Gasteiger partial charge on any atom is 0.419 e. The van der Waals surface area contributed by atoms with Gasteiger partial charge in [-0.25, -0.2) is 8.78 Å². The first kappa shape index (κ1) is 41.4. The molecule has 17 heteroatoms. The van der Waals surface area contributed by atoms with Crippen LogP contribution in [0.4, 0.5) is 35.1 Å². The molecule has 2 atom stereocenters. The summed E-state index contributed by atoms with van der Waals surface area (Å²) >= 11 is 3.26. The molecule has 5 rings (SSSR count). The number of carbonyl (C=O) groups excluding carboxylic acids is 2. The Morgan fingerprint density at radius 2 is 1.67 bits per heavy atom. The molecule has 0 radical (unpaired) electrons. The van der Waals surface area contributed by atoms with Crippen molar-refractivity contribution in [3.05, 3.63) is 121 Å². The number of ether oxygens (including phenoxy) is 1. The molecular formula is C38H34BrF8N3O5. The fourth-order valence-electron chi connectivity index (χ4n) is 6.49. The number of hydrogen-bond acceptors (Lipinski definition) is 6. The number of carbonyl (C=O) groups is 2. The average molecular weight is 845 g/mol. The fraction of sp³-hybridized carbons (Fsp3) is 0.342. The molecule has 55 heavy (non-hydrogen) atoms. The number of alkyl halides is 7. The van der Waals surface area contributed by atoms with E-state index in [0.717, 1.165) is 12.3 Å². The Bertz CT molecular complexity index is 2110. The smallest absolute Gasteiger partial charge is 0.419 e. The summed E-state index contributed by atoms with van der Waals surface area (Å²) in [6, 6.07) is 7.88. The lowest BCUT2D eigenvalue weighted by molar-refractivity contribution is -0.144. The molecule has 1 unspecified atom stereocenters. The highest BCUT2D eigenvalue weighted by atomic mass is 79.9. The lowest BCUT2D eigenvalue weighted by Crippen LogP contribution is -2.49. The number of phenols is 1. The average Bonchev–Trinajstić information content (AvgIpc) is 3.06. The molecule has 1 aliphatic heterocycles. The van der Waals surface area contributed by atoms with Gasteiger partial charge in [-0.15, -0.1) is 0 Å². The van der Waals surface area contributed by atoms with E-state index in [9.17, 15) is 50.2 Å². The van der Waals surface area contributed by atoms with Gasteiger partial charge in [0.05, 0.1) is 30.2 Å². The largest absolute Gasteiger partial charge is 0.507 e. The van der Waals surface area contributed by atoms with Crippen LogP contribution in [0.25, 0.3) is 11.1 Å². The zero-order valence-electron chi connectivity index (χ0n) is 29.2. The van der Waals surface area contributed by atoms with Crippen LogP contribution in [0.3, 0.4) is 0 Å². The second-order valence-electron chi connectivity index (χ2n) is 13.0. The van der Waals surface area contributed by atoms with Crippen LogP contribution in [0.2, 0.25) is 0 Å². The molecule has 2 heterocycles. The summed E-state index contributed by atoms with van der Waals surface area (Å²) in [5.74, 6) is -4.56.